The number of nitrogens with zero attached hydrogens (tertiary/aromatic N) is 1. The highest BCUT2D eigenvalue weighted by molar-refractivity contribution is 6.09. The first-order valence-corrected chi connectivity index (χ1v) is 9.34. The summed E-state index contributed by atoms with van der Waals surface area (Å²) in [5.74, 6) is -0.464. The van der Waals surface area contributed by atoms with Crippen LogP contribution in [0.25, 0.3) is 0 Å². The van der Waals surface area contributed by atoms with Gasteiger partial charge in [0.15, 0.2) is 11.5 Å². The van der Waals surface area contributed by atoms with E-state index in [1.165, 1.54) is 5.56 Å². The van der Waals surface area contributed by atoms with Crippen molar-refractivity contribution in [3.63, 3.8) is 0 Å². The molecule has 1 aliphatic heterocycles. The van der Waals surface area contributed by atoms with Crippen LogP contribution in [0.3, 0.4) is 0 Å². The molecule has 0 bridgehead atoms. The quantitative estimate of drug-likeness (QED) is 0.862. The first-order valence-electron chi connectivity index (χ1n) is 9.34. The summed E-state index contributed by atoms with van der Waals surface area (Å²) in [7, 11) is 0. The molecule has 1 amide bonds. The van der Waals surface area contributed by atoms with Crippen LogP contribution in [0, 0.1) is 0 Å². The molecule has 0 spiro atoms. The van der Waals surface area contributed by atoms with E-state index in [1.807, 2.05) is 12.1 Å². The minimum atomic E-state index is -0.454. The lowest BCUT2D eigenvalue weighted by Crippen LogP contribution is -2.38. The lowest BCUT2D eigenvalue weighted by Gasteiger charge is -2.32. The highest BCUT2D eigenvalue weighted by Gasteiger charge is 2.46. The van der Waals surface area contributed by atoms with Gasteiger partial charge in [0.1, 0.15) is 0 Å². The van der Waals surface area contributed by atoms with Gasteiger partial charge in [-0.05, 0) is 29.9 Å². The van der Waals surface area contributed by atoms with E-state index in [2.05, 4.69) is 26.0 Å². The number of rotatable bonds is 5. The van der Waals surface area contributed by atoms with Gasteiger partial charge < -0.3 is 10.0 Å². The second-order valence-corrected chi connectivity index (χ2v) is 7.41. The average molecular weight is 341 g/mol. The Labute approximate surface area is 149 Å². The summed E-state index contributed by atoms with van der Waals surface area (Å²) in [5, 5.41) is 10.4. The fraction of sp³-hybridized carbons (Fsp3) is 0.524. The third-order valence-electron chi connectivity index (χ3n) is 5.50. The molecule has 1 aromatic rings. The van der Waals surface area contributed by atoms with E-state index in [4.69, 9.17) is 0 Å². The third kappa shape index (κ3) is 3.10. The molecule has 134 valence electrons. The van der Waals surface area contributed by atoms with Crippen molar-refractivity contribution < 1.29 is 14.7 Å². The van der Waals surface area contributed by atoms with Gasteiger partial charge in [0.05, 0.1) is 11.6 Å². The monoisotopic (exact) mass is 341 g/mol. The van der Waals surface area contributed by atoms with Crippen LogP contribution in [0.2, 0.25) is 0 Å². The topological polar surface area (TPSA) is 57.6 Å². The second kappa shape index (κ2) is 7.03. The normalized spacial score (nSPS) is 21.7. The van der Waals surface area contributed by atoms with Crippen molar-refractivity contribution in [1.82, 2.24) is 4.90 Å². The predicted molar refractivity (Wildman–Crippen MR) is 97.3 cm³/mol. The average Bonchev–Trinajstić information content (AvgIpc) is 3.22. The van der Waals surface area contributed by atoms with Crippen molar-refractivity contribution in [1.29, 1.82) is 0 Å². The zero-order valence-corrected chi connectivity index (χ0v) is 15.3. The molecule has 0 saturated heterocycles. The van der Waals surface area contributed by atoms with Crippen molar-refractivity contribution in [2.45, 2.75) is 70.9 Å². The zero-order chi connectivity index (χ0) is 18.1. The van der Waals surface area contributed by atoms with Gasteiger partial charge in [-0.1, -0.05) is 57.9 Å². The molecule has 1 aromatic carbocycles. The molecular formula is C21H27NO3. The lowest BCUT2D eigenvalue weighted by atomic mass is 9.92. The largest absolute Gasteiger partial charge is 0.503 e. The van der Waals surface area contributed by atoms with E-state index in [9.17, 15) is 14.7 Å². The van der Waals surface area contributed by atoms with Crippen LogP contribution in [-0.2, 0) is 9.59 Å². The molecule has 4 heteroatoms. The third-order valence-corrected chi connectivity index (χ3v) is 5.50. The lowest BCUT2D eigenvalue weighted by molar-refractivity contribution is -0.131. The van der Waals surface area contributed by atoms with Crippen LogP contribution in [-0.4, -0.2) is 27.7 Å². The minimum Gasteiger partial charge on any atom is -0.503 e. The van der Waals surface area contributed by atoms with Crippen molar-refractivity contribution in [2.75, 3.05) is 0 Å². The van der Waals surface area contributed by atoms with Crippen molar-refractivity contribution in [2.24, 2.45) is 0 Å². The molecule has 1 aliphatic carbocycles. The number of benzene rings is 1. The highest BCUT2D eigenvalue weighted by Crippen LogP contribution is 2.42. The number of hydrogen-bond acceptors (Lipinski definition) is 3. The van der Waals surface area contributed by atoms with Crippen LogP contribution >= 0.6 is 0 Å². The van der Waals surface area contributed by atoms with Gasteiger partial charge in [-0.2, -0.15) is 0 Å². The van der Waals surface area contributed by atoms with E-state index in [0.717, 1.165) is 31.2 Å². The Balaban J connectivity index is 2.05. The number of aliphatic hydroxyl groups excluding tert-OH is 1. The Hall–Kier alpha value is -2.10. The summed E-state index contributed by atoms with van der Waals surface area (Å²) in [5.41, 5.74) is 2.40. The SMILES string of the molecule is CCC(=O)C1=C(O)C(=O)N(C2CCCC2)C1c1ccc(C(C)C)cc1. The Morgan fingerprint density at radius 2 is 1.80 bits per heavy atom. The molecular weight excluding hydrogens is 314 g/mol. The predicted octanol–water partition coefficient (Wildman–Crippen LogP) is 4.43. The van der Waals surface area contributed by atoms with Crippen LogP contribution in [0.5, 0.6) is 0 Å². The standard InChI is InChI=1S/C21H27NO3/c1-4-17(23)18-19(15-11-9-14(10-12-15)13(2)3)22(21(25)20(18)24)16-7-5-6-8-16/h9-13,16,19,24H,4-8H2,1-3H3. The summed E-state index contributed by atoms with van der Waals surface area (Å²) in [6.45, 7) is 6.04. The molecule has 4 nitrogen and oxygen atoms in total. The number of amides is 1. The van der Waals surface area contributed by atoms with Crippen molar-refractivity contribution in [3.8, 4) is 0 Å². The minimum absolute atomic E-state index is 0.103. The first-order chi connectivity index (χ1) is 12.0. The summed E-state index contributed by atoms with van der Waals surface area (Å²) in [6.07, 6.45) is 4.34. The van der Waals surface area contributed by atoms with Gasteiger partial charge in [0.25, 0.3) is 5.91 Å². The van der Waals surface area contributed by atoms with Gasteiger partial charge in [0, 0.05) is 12.5 Å². The molecule has 1 atom stereocenters. The smallest absolute Gasteiger partial charge is 0.290 e. The second-order valence-electron chi connectivity index (χ2n) is 7.41. The van der Waals surface area contributed by atoms with Gasteiger partial charge in [-0.3, -0.25) is 9.59 Å². The molecule has 3 rings (SSSR count). The molecule has 25 heavy (non-hydrogen) atoms. The van der Waals surface area contributed by atoms with Gasteiger partial charge >= 0.3 is 0 Å². The van der Waals surface area contributed by atoms with Crippen LogP contribution in [0.15, 0.2) is 35.6 Å². The molecule has 2 aliphatic rings. The van der Waals surface area contributed by atoms with Crippen LogP contribution in [0.4, 0.5) is 0 Å². The van der Waals surface area contributed by atoms with Crippen molar-refractivity contribution >= 4 is 11.7 Å². The number of carbonyl (C=O) groups is 2. The molecule has 1 unspecified atom stereocenters. The Morgan fingerprint density at radius 3 is 2.32 bits per heavy atom. The first kappa shape index (κ1) is 17.7. The molecule has 1 heterocycles. The maximum atomic E-state index is 12.7. The van der Waals surface area contributed by atoms with Gasteiger partial charge in [-0.15, -0.1) is 0 Å². The summed E-state index contributed by atoms with van der Waals surface area (Å²) >= 11 is 0. The molecule has 0 radical (unpaired) electrons. The summed E-state index contributed by atoms with van der Waals surface area (Å²) in [6, 6.07) is 7.76. The molecule has 1 N–H and O–H groups in total. The summed E-state index contributed by atoms with van der Waals surface area (Å²) in [4.78, 5) is 27.0. The Morgan fingerprint density at radius 1 is 1.20 bits per heavy atom. The van der Waals surface area contributed by atoms with Crippen LogP contribution < -0.4 is 0 Å². The van der Waals surface area contributed by atoms with Gasteiger partial charge in [-0.25, -0.2) is 0 Å². The van der Waals surface area contributed by atoms with E-state index >= 15 is 0 Å². The van der Waals surface area contributed by atoms with E-state index < -0.39 is 6.04 Å². The fourth-order valence-electron chi connectivity index (χ4n) is 4.05. The Bertz CT molecular complexity index is 696. The zero-order valence-electron chi connectivity index (χ0n) is 15.3. The number of aliphatic hydroxyl groups is 1. The van der Waals surface area contributed by atoms with Crippen molar-refractivity contribution in [3.05, 3.63) is 46.7 Å². The maximum absolute atomic E-state index is 12.7. The molecule has 0 aromatic heterocycles. The van der Waals surface area contributed by atoms with Gasteiger partial charge in [0.2, 0.25) is 0 Å². The molecule has 1 saturated carbocycles. The number of hydrogen-bond donors (Lipinski definition) is 1. The number of Topliss-reactive ketones (excluding diaryl/α,β-unsaturated/α-hetero) is 1. The summed E-state index contributed by atoms with van der Waals surface area (Å²) < 4.78 is 0. The Kier molecular flexibility index (Phi) is 4.98. The van der Waals surface area contributed by atoms with Crippen LogP contribution in [0.1, 0.15) is 76.0 Å². The molecule has 1 fully saturated rings. The van der Waals surface area contributed by atoms with E-state index in [1.54, 1.807) is 11.8 Å². The number of carbonyl (C=O) groups excluding carboxylic acids is 2. The van der Waals surface area contributed by atoms with E-state index in [0.29, 0.717) is 5.92 Å². The van der Waals surface area contributed by atoms with E-state index in [-0.39, 0.29) is 35.5 Å². The highest BCUT2D eigenvalue weighted by atomic mass is 16.3. The fourth-order valence-corrected chi connectivity index (χ4v) is 4.05. The maximum Gasteiger partial charge on any atom is 0.290 e. The number of ketones is 1.